The summed E-state index contributed by atoms with van der Waals surface area (Å²) in [4.78, 5) is 12.2. The van der Waals surface area contributed by atoms with Crippen molar-refractivity contribution in [3.05, 3.63) is 89.8 Å². The summed E-state index contributed by atoms with van der Waals surface area (Å²) in [5, 5.41) is 0.789. The molecular weight excluding hydrogens is 341 g/mol. The lowest BCUT2D eigenvalue weighted by molar-refractivity contribution is 0.0728. The Morgan fingerprint density at radius 1 is 0.923 bits per heavy atom. The normalized spacial score (nSPS) is 10.7. The molecule has 0 amide bonds. The van der Waals surface area contributed by atoms with Crippen LogP contribution in [0.4, 0.5) is 13.2 Å². The standard InChI is InChI=1S/C21H15F3O2/c1-2-3-4-13-5-8-20(19(24)9-13)26-21(25)15-7-6-14-11-17(22)18(23)12-16(14)10-15/h2,5-12H,1,3-4H2. The summed E-state index contributed by atoms with van der Waals surface area (Å²) in [5.41, 5.74) is 0.879. The molecule has 0 aliphatic heterocycles. The van der Waals surface area contributed by atoms with Crippen molar-refractivity contribution in [1.29, 1.82) is 0 Å². The van der Waals surface area contributed by atoms with Crippen molar-refractivity contribution in [3.63, 3.8) is 0 Å². The molecule has 0 unspecified atom stereocenters. The van der Waals surface area contributed by atoms with Crippen molar-refractivity contribution in [1.82, 2.24) is 0 Å². The molecule has 0 bridgehead atoms. The molecule has 132 valence electrons. The van der Waals surface area contributed by atoms with Gasteiger partial charge in [0.1, 0.15) is 0 Å². The summed E-state index contributed by atoms with van der Waals surface area (Å²) in [7, 11) is 0. The van der Waals surface area contributed by atoms with Crippen molar-refractivity contribution >= 4 is 16.7 Å². The molecule has 5 heteroatoms. The molecule has 0 spiro atoms. The van der Waals surface area contributed by atoms with Crippen LogP contribution in [-0.2, 0) is 6.42 Å². The van der Waals surface area contributed by atoms with Crippen LogP contribution in [0, 0.1) is 17.5 Å². The topological polar surface area (TPSA) is 26.3 Å². The number of fused-ring (bicyclic) bond motifs is 1. The van der Waals surface area contributed by atoms with Crippen LogP contribution in [0.25, 0.3) is 10.8 Å². The van der Waals surface area contributed by atoms with E-state index in [0.717, 1.165) is 17.7 Å². The van der Waals surface area contributed by atoms with Gasteiger partial charge in [0.2, 0.25) is 0 Å². The number of hydrogen-bond donors (Lipinski definition) is 0. The second kappa shape index (κ2) is 7.44. The highest BCUT2D eigenvalue weighted by molar-refractivity contribution is 5.96. The maximum atomic E-state index is 14.1. The van der Waals surface area contributed by atoms with Gasteiger partial charge in [-0.2, -0.15) is 0 Å². The van der Waals surface area contributed by atoms with E-state index in [1.165, 1.54) is 30.3 Å². The van der Waals surface area contributed by atoms with Crippen molar-refractivity contribution in [2.24, 2.45) is 0 Å². The lowest BCUT2D eigenvalue weighted by Crippen LogP contribution is -2.09. The molecule has 0 aliphatic carbocycles. The maximum absolute atomic E-state index is 14.1. The third-order valence-corrected chi connectivity index (χ3v) is 3.95. The number of aryl methyl sites for hydroxylation is 1. The quantitative estimate of drug-likeness (QED) is 0.338. The second-order valence-corrected chi connectivity index (χ2v) is 5.81. The van der Waals surface area contributed by atoms with E-state index < -0.39 is 23.4 Å². The Morgan fingerprint density at radius 3 is 2.35 bits per heavy atom. The Morgan fingerprint density at radius 2 is 1.65 bits per heavy atom. The predicted molar refractivity (Wildman–Crippen MR) is 93.7 cm³/mol. The van der Waals surface area contributed by atoms with Crippen LogP contribution >= 0.6 is 0 Å². The molecule has 0 radical (unpaired) electrons. The molecule has 0 aromatic heterocycles. The highest BCUT2D eigenvalue weighted by atomic mass is 19.2. The molecule has 0 fully saturated rings. The monoisotopic (exact) mass is 356 g/mol. The van der Waals surface area contributed by atoms with Crippen LogP contribution in [0.5, 0.6) is 5.75 Å². The molecule has 0 saturated carbocycles. The Labute approximate surface area is 148 Å². The summed E-state index contributed by atoms with van der Waals surface area (Å²) in [6.07, 6.45) is 3.09. The van der Waals surface area contributed by atoms with E-state index in [1.807, 2.05) is 0 Å². The third-order valence-electron chi connectivity index (χ3n) is 3.95. The molecule has 0 saturated heterocycles. The summed E-state index contributed by atoms with van der Waals surface area (Å²) < 4.78 is 45.8. The fraction of sp³-hybridized carbons (Fsp3) is 0.0952. The van der Waals surface area contributed by atoms with Gasteiger partial charge in [-0.25, -0.2) is 18.0 Å². The number of rotatable bonds is 5. The van der Waals surface area contributed by atoms with Crippen molar-refractivity contribution < 1.29 is 22.7 Å². The molecule has 0 aliphatic rings. The fourth-order valence-corrected chi connectivity index (χ4v) is 2.58. The molecular formula is C21H15F3O2. The summed E-state index contributed by atoms with van der Waals surface area (Å²) in [6.45, 7) is 3.61. The third kappa shape index (κ3) is 3.77. The van der Waals surface area contributed by atoms with Gasteiger partial charge in [-0.05, 0) is 65.6 Å². The molecule has 0 heterocycles. The van der Waals surface area contributed by atoms with Crippen LogP contribution in [-0.4, -0.2) is 5.97 Å². The first kappa shape index (κ1) is 17.7. The van der Waals surface area contributed by atoms with Crippen LogP contribution < -0.4 is 4.74 Å². The molecule has 2 nitrogen and oxygen atoms in total. The Balaban J connectivity index is 1.82. The average Bonchev–Trinajstić information content (AvgIpc) is 2.62. The summed E-state index contributed by atoms with van der Waals surface area (Å²) >= 11 is 0. The van der Waals surface area contributed by atoms with Crippen LogP contribution in [0.3, 0.4) is 0 Å². The van der Waals surface area contributed by atoms with Gasteiger partial charge in [0.25, 0.3) is 0 Å². The minimum Gasteiger partial charge on any atom is -0.420 e. The summed E-state index contributed by atoms with van der Waals surface area (Å²) in [6, 6.07) is 10.7. The van der Waals surface area contributed by atoms with Gasteiger partial charge >= 0.3 is 5.97 Å². The number of ether oxygens (including phenoxy) is 1. The predicted octanol–water partition coefficient (Wildman–Crippen LogP) is 5.59. The zero-order valence-electron chi connectivity index (χ0n) is 13.8. The van der Waals surface area contributed by atoms with Crippen LogP contribution in [0.15, 0.2) is 61.2 Å². The minimum absolute atomic E-state index is 0.110. The zero-order valence-corrected chi connectivity index (χ0v) is 13.8. The van der Waals surface area contributed by atoms with Gasteiger partial charge in [-0.15, -0.1) is 6.58 Å². The van der Waals surface area contributed by atoms with Crippen molar-refractivity contribution in [2.75, 3.05) is 0 Å². The van der Waals surface area contributed by atoms with E-state index in [1.54, 1.807) is 12.1 Å². The number of carbonyl (C=O) groups is 1. The first-order valence-corrected chi connectivity index (χ1v) is 7.98. The van der Waals surface area contributed by atoms with Gasteiger partial charge in [-0.3, -0.25) is 0 Å². The number of hydrogen-bond acceptors (Lipinski definition) is 2. The molecule has 3 aromatic carbocycles. The highest BCUT2D eigenvalue weighted by Gasteiger charge is 2.14. The molecule has 3 rings (SSSR count). The van der Waals surface area contributed by atoms with E-state index in [-0.39, 0.29) is 11.3 Å². The SMILES string of the molecule is C=CCCc1ccc(OC(=O)c2ccc3cc(F)c(F)cc3c2)c(F)c1. The largest absolute Gasteiger partial charge is 0.420 e. The average molecular weight is 356 g/mol. The first-order chi connectivity index (χ1) is 12.5. The minimum atomic E-state index is -1.01. The van der Waals surface area contributed by atoms with Gasteiger partial charge in [0.05, 0.1) is 5.56 Å². The number of allylic oxidation sites excluding steroid dienone is 1. The second-order valence-electron chi connectivity index (χ2n) is 5.81. The highest BCUT2D eigenvalue weighted by Crippen LogP contribution is 2.23. The van der Waals surface area contributed by atoms with Gasteiger partial charge < -0.3 is 4.74 Å². The smallest absolute Gasteiger partial charge is 0.343 e. The van der Waals surface area contributed by atoms with Crippen molar-refractivity contribution in [2.45, 2.75) is 12.8 Å². The van der Waals surface area contributed by atoms with Gasteiger partial charge in [0.15, 0.2) is 23.2 Å². The lowest BCUT2D eigenvalue weighted by Gasteiger charge is -2.08. The van der Waals surface area contributed by atoms with Gasteiger partial charge in [-0.1, -0.05) is 18.2 Å². The number of halogens is 3. The van der Waals surface area contributed by atoms with Crippen LogP contribution in [0.1, 0.15) is 22.3 Å². The molecule has 3 aromatic rings. The van der Waals surface area contributed by atoms with E-state index in [2.05, 4.69) is 6.58 Å². The van der Waals surface area contributed by atoms with E-state index in [4.69, 9.17) is 4.74 Å². The van der Waals surface area contributed by atoms with Crippen molar-refractivity contribution in [3.8, 4) is 5.75 Å². The zero-order chi connectivity index (χ0) is 18.7. The van der Waals surface area contributed by atoms with E-state index >= 15 is 0 Å². The molecule has 0 N–H and O–H groups in total. The molecule has 0 atom stereocenters. The molecule has 26 heavy (non-hydrogen) atoms. The first-order valence-electron chi connectivity index (χ1n) is 7.98. The maximum Gasteiger partial charge on any atom is 0.343 e. The fourth-order valence-electron chi connectivity index (χ4n) is 2.58. The summed E-state index contributed by atoms with van der Waals surface area (Å²) in [5.74, 6) is -3.60. The number of esters is 1. The number of benzene rings is 3. The number of carbonyl (C=O) groups excluding carboxylic acids is 1. The van der Waals surface area contributed by atoms with Gasteiger partial charge in [0, 0.05) is 0 Å². The Bertz CT molecular complexity index is 996. The van der Waals surface area contributed by atoms with Crippen LogP contribution in [0.2, 0.25) is 0 Å². The van der Waals surface area contributed by atoms with E-state index in [0.29, 0.717) is 23.6 Å². The lowest BCUT2D eigenvalue weighted by atomic mass is 10.1. The Hall–Kier alpha value is -3.08. The van der Waals surface area contributed by atoms with E-state index in [9.17, 15) is 18.0 Å². The Kier molecular flexibility index (Phi) is 5.07.